The molecule has 2 aromatic rings. The second-order valence-electron chi connectivity index (χ2n) is 10.7. The number of nitrogens with zero attached hydrogens (tertiary/aromatic N) is 1. The molecule has 35 heavy (non-hydrogen) atoms. The summed E-state index contributed by atoms with van der Waals surface area (Å²) >= 11 is 0. The zero-order valence-corrected chi connectivity index (χ0v) is 20.2. The Labute approximate surface area is 205 Å². The number of amides is 2. The lowest BCUT2D eigenvalue weighted by Crippen LogP contribution is -2.68. The molecule has 2 aromatic carbocycles. The molecule has 184 valence electrons. The van der Waals surface area contributed by atoms with Crippen molar-refractivity contribution >= 4 is 18.0 Å². The molecule has 1 aliphatic heterocycles. The van der Waals surface area contributed by atoms with Crippen LogP contribution in [0, 0.1) is 17.3 Å². The van der Waals surface area contributed by atoms with E-state index in [4.69, 9.17) is 4.74 Å². The van der Waals surface area contributed by atoms with Crippen molar-refractivity contribution in [3.8, 4) is 11.1 Å². The average molecular weight is 477 g/mol. The first-order valence-corrected chi connectivity index (χ1v) is 12.4. The minimum Gasteiger partial charge on any atom is -0.480 e. The summed E-state index contributed by atoms with van der Waals surface area (Å²) in [5, 5.41) is 12.4. The van der Waals surface area contributed by atoms with Gasteiger partial charge in [0, 0.05) is 30.3 Å². The van der Waals surface area contributed by atoms with Crippen molar-refractivity contribution in [2.75, 3.05) is 19.7 Å². The van der Waals surface area contributed by atoms with Crippen LogP contribution in [-0.2, 0) is 14.3 Å². The number of alkyl carbamates (subject to hydrolysis) is 1. The summed E-state index contributed by atoms with van der Waals surface area (Å²) in [4.78, 5) is 38.9. The highest BCUT2D eigenvalue weighted by molar-refractivity contribution is 5.88. The second kappa shape index (κ2) is 9.02. The van der Waals surface area contributed by atoms with E-state index >= 15 is 0 Å². The SMILES string of the molecule is CC1(C)CN(C(=O)C2CCCC2CNC(=O)OCC2c3ccccc3-c3ccccc32)C1C(=O)O. The molecular weight excluding hydrogens is 444 g/mol. The zero-order chi connectivity index (χ0) is 24.7. The summed E-state index contributed by atoms with van der Waals surface area (Å²) in [5.41, 5.74) is 4.26. The van der Waals surface area contributed by atoms with E-state index in [1.807, 2.05) is 38.1 Å². The van der Waals surface area contributed by atoms with Crippen LogP contribution >= 0.6 is 0 Å². The Morgan fingerprint density at radius 3 is 2.26 bits per heavy atom. The molecule has 7 nitrogen and oxygen atoms in total. The Kier molecular flexibility index (Phi) is 6.03. The highest BCUT2D eigenvalue weighted by Gasteiger charge is 2.54. The molecule has 2 aliphatic carbocycles. The maximum absolute atomic E-state index is 13.1. The van der Waals surface area contributed by atoms with Gasteiger partial charge in [-0.2, -0.15) is 0 Å². The fourth-order valence-corrected chi connectivity index (χ4v) is 6.28. The smallest absolute Gasteiger partial charge is 0.407 e. The number of hydrogen-bond acceptors (Lipinski definition) is 4. The van der Waals surface area contributed by atoms with Crippen LogP contribution < -0.4 is 5.32 Å². The molecule has 0 aromatic heterocycles. The van der Waals surface area contributed by atoms with E-state index in [0.717, 1.165) is 30.4 Å². The number of benzene rings is 2. The Morgan fingerprint density at radius 2 is 1.66 bits per heavy atom. The van der Waals surface area contributed by atoms with E-state index in [9.17, 15) is 19.5 Å². The lowest BCUT2D eigenvalue weighted by Gasteiger charge is -2.52. The molecule has 0 spiro atoms. The van der Waals surface area contributed by atoms with E-state index in [2.05, 4.69) is 29.6 Å². The fraction of sp³-hybridized carbons (Fsp3) is 0.464. The molecule has 1 heterocycles. The van der Waals surface area contributed by atoms with Crippen molar-refractivity contribution in [3.05, 3.63) is 59.7 Å². The molecule has 2 amide bonds. The van der Waals surface area contributed by atoms with Gasteiger partial charge in [-0.3, -0.25) is 4.79 Å². The van der Waals surface area contributed by atoms with Crippen LogP contribution in [0.4, 0.5) is 4.79 Å². The minimum atomic E-state index is -0.957. The number of ether oxygens (including phenoxy) is 1. The maximum atomic E-state index is 13.1. The minimum absolute atomic E-state index is 0.00307. The quantitative estimate of drug-likeness (QED) is 0.649. The Morgan fingerprint density at radius 1 is 1.03 bits per heavy atom. The van der Waals surface area contributed by atoms with Gasteiger partial charge in [-0.15, -0.1) is 0 Å². The summed E-state index contributed by atoms with van der Waals surface area (Å²) in [5.74, 6) is -1.34. The standard InChI is InChI=1S/C28H32N2O5/c1-28(2)16-30(24(28)26(32)33)25(31)18-13-7-8-17(18)14-29-27(34)35-15-23-21-11-5-3-9-19(21)20-10-4-6-12-22(20)23/h3-6,9-12,17-18,23-24H,7-8,13-16H2,1-2H3,(H,29,34)(H,32,33). The molecule has 0 bridgehead atoms. The lowest BCUT2D eigenvalue weighted by atomic mass is 9.74. The second-order valence-corrected chi connectivity index (χ2v) is 10.7. The molecular formula is C28H32N2O5. The Bertz CT molecular complexity index is 1110. The van der Waals surface area contributed by atoms with E-state index in [0.29, 0.717) is 13.1 Å². The number of fused-ring (bicyclic) bond motifs is 3. The molecule has 1 saturated heterocycles. The van der Waals surface area contributed by atoms with Crippen LogP contribution in [0.15, 0.2) is 48.5 Å². The van der Waals surface area contributed by atoms with Crippen LogP contribution in [0.3, 0.4) is 0 Å². The molecule has 5 rings (SSSR count). The molecule has 3 atom stereocenters. The van der Waals surface area contributed by atoms with E-state index in [1.54, 1.807) is 0 Å². The third-order valence-electron chi connectivity index (χ3n) is 7.98. The third-order valence-corrected chi connectivity index (χ3v) is 7.98. The molecule has 0 radical (unpaired) electrons. The topological polar surface area (TPSA) is 95.9 Å². The number of rotatable bonds is 6. The van der Waals surface area contributed by atoms with E-state index in [1.165, 1.54) is 16.0 Å². The predicted octanol–water partition coefficient (Wildman–Crippen LogP) is 4.26. The van der Waals surface area contributed by atoms with Crippen LogP contribution in [0.2, 0.25) is 0 Å². The average Bonchev–Trinajstić information content (AvgIpc) is 3.42. The van der Waals surface area contributed by atoms with Gasteiger partial charge < -0.3 is 20.1 Å². The van der Waals surface area contributed by atoms with Crippen LogP contribution in [0.25, 0.3) is 11.1 Å². The highest BCUT2D eigenvalue weighted by atomic mass is 16.5. The normalized spacial score (nSPS) is 24.3. The number of hydrogen-bond donors (Lipinski definition) is 2. The summed E-state index contributed by atoms with van der Waals surface area (Å²) in [6.07, 6.45) is 1.95. The van der Waals surface area contributed by atoms with Gasteiger partial charge >= 0.3 is 12.1 Å². The number of nitrogens with one attached hydrogen (secondary N) is 1. The van der Waals surface area contributed by atoms with Crippen LogP contribution in [-0.4, -0.2) is 53.7 Å². The monoisotopic (exact) mass is 476 g/mol. The summed E-state index contributed by atoms with van der Waals surface area (Å²) < 4.78 is 5.63. The molecule has 7 heteroatoms. The first-order chi connectivity index (χ1) is 16.8. The van der Waals surface area contributed by atoms with Crippen molar-refractivity contribution in [3.63, 3.8) is 0 Å². The van der Waals surface area contributed by atoms with Gasteiger partial charge in [0.15, 0.2) is 0 Å². The van der Waals surface area contributed by atoms with E-state index < -0.39 is 23.5 Å². The number of carbonyl (C=O) groups excluding carboxylic acids is 2. The van der Waals surface area contributed by atoms with Crippen molar-refractivity contribution in [2.45, 2.75) is 45.1 Å². The zero-order valence-electron chi connectivity index (χ0n) is 20.2. The largest absolute Gasteiger partial charge is 0.480 e. The van der Waals surface area contributed by atoms with Crippen molar-refractivity contribution in [1.82, 2.24) is 10.2 Å². The fourth-order valence-electron chi connectivity index (χ4n) is 6.28. The number of carboxylic acid groups (broad SMARTS) is 1. The maximum Gasteiger partial charge on any atom is 0.407 e. The Hall–Kier alpha value is -3.35. The summed E-state index contributed by atoms with van der Waals surface area (Å²) in [7, 11) is 0. The molecule has 3 aliphatic rings. The van der Waals surface area contributed by atoms with Crippen molar-refractivity contribution < 1.29 is 24.2 Å². The summed E-state index contributed by atoms with van der Waals surface area (Å²) in [6, 6.07) is 15.6. The summed E-state index contributed by atoms with van der Waals surface area (Å²) in [6.45, 7) is 4.80. The van der Waals surface area contributed by atoms with Gasteiger partial charge in [-0.25, -0.2) is 9.59 Å². The van der Waals surface area contributed by atoms with Gasteiger partial charge in [0.05, 0.1) is 0 Å². The molecule has 2 fully saturated rings. The first kappa shape index (κ1) is 23.4. The molecule has 3 unspecified atom stereocenters. The predicted molar refractivity (Wildman–Crippen MR) is 131 cm³/mol. The third kappa shape index (κ3) is 4.17. The van der Waals surface area contributed by atoms with Crippen molar-refractivity contribution in [1.29, 1.82) is 0 Å². The Balaban J connectivity index is 1.17. The van der Waals surface area contributed by atoms with Crippen LogP contribution in [0.1, 0.15) is 50.2 Å². The number of carbonyl (C=O) groups is 3. The van der Waals surface area contributed by atoms with E-state index in [-0.39, 0.29) is 30.3 Å². The lowest BCUT2D eigenvalue weighted by molar-refractivity contribution is -0.174. The van der Waals surface area contributed by atoms with Gasteiger partial charge in [0.25, 0.3) is 0 Å². The number of likely N-dealkylation sites (tertiary alicyclic amines) is 1. The first-order valence-electron chi connectivity index (χ1n) is 12.4. The van der Waals surface area contributed by atoms with Gasteiger partial charge in [-0.05, 0) is 41.0 Å². The van der Waals surface area contributed by atoms with Crippen molar-refractivity contribution in [2.24, 2.45) is 17.3 Å². The van der Waals surface area contributed by atoms with Gasteiger partial charge in [0.1, 0.15) is 12.6 Å². The molecule has 2 N–H and O–H groups in total. The van der Waals surface area contributed by atoms with Gasteiger partial charge in [0.2, 0.25) is 5.91 Å². The number of carboxylic acids is 1. The van der Waals surface area contributed by atoms with Crippen LogP contribution in [0.5, 0.6) is 0 Å². The highest BCUT2D eigenvalue weighted by Crippen LogP contribution is 2.45. The van der Waals surface area contributed by atoms with Gasteiger partial charge in [-0.1, -0.05) is 68.8 Å². The molecule has 1 saturated carbocycles. The number of aliphatic carboxylic acids is 1.